The third-order valence-corrected chi connectivity index (χ3v) is 3.02. The maximum Gasteiger partial charge on any atom is 0.258 e. The zero-order chi connectivity index (χ0) is 12.4. The van der Waals surface area contributed by atoms with Crippen LogP contribution in [-0.2, 0) is 6.42 Å². The molecule has 1 aliphatic rings. The number of benzene rings is 1. The molecular formula is C15H13NO2. The summed E-state index contributed by atoms with van der Waals surface area (Å²) in [5.41, 5.74) is 1.63. The van der Waals surface area contributed by atoms with E-state index in [0.29, 0.717) is 11.3 Å². The third-order valence-electron chi connectivity index (χ3n) is 3.02. The Hall–Kier alpha value is -2.29. The summed E-state index contributed by atoms with van der Waals surface area (Å²) in [5, 5.41) is 0. The van der Waals surface area contributed by atoms with Gasteiger partial charge in [0.15, 0.2) is 0 Å². The predicted octanol–water partition coefficient (Wildman–Crippen LogP) is 2.74. The van der Waals surface area contributed by atoms with Crippen LogP contribution in [-0.4, -0.2) is 4.98 Å². The molecule has 1 N–H and O–H groups in total. The highest BCUT2D eigenvalue weighted by molar-refractivity contribution is 5.62. The maximum absolute atomic E-state index is 11.8. The van der Waals surface area contributed by atoms with Gasteiger partial charge >= 0.3 is 0 Å². The molecule has 3 heteroatoms. The summed E-state index contributed by atoms with van der Waals surface area (Å²) in [5.74, 6) is 1.48. The fourth-order valence-electron chi connectivity index (χ4n) is 2.11. The van der Waals surface area contributed by atoms with E-state index >= 15 is 0 Å². The first-order valence-electron chi connectivity index (χ1n) is 5.98. The van der Waals surface area contributed by atoms with Crippen molar-refractivity contribution in [2.45, 2.75) is 12.8 Å². The quantitative estimate of drug-likeness (QED) is 0.831. The summed E-state index contributed by atoms with van der Waals surface area (Å²) in [7, 11) is 0. The van der Waals surface area contributed by atoms with E-state index in [1.165, 1.54) is 5.56 Å². The number of para-hydroxylation sites is 1. The Labute approximate surface area is 105 Å². The van der Waals surface area contributed by atoms with Crippen molar-refractivity contribution in [1.29, 1.82) is 0 Å². The smallest absolute Gasteiger partial charge is 0.258 e. The van der Waals surface area contributed by atoms with Gasteiger partial charge in [0.05, 0.1) is 5.56 Å². The number of aromatic amines is 1. The first kappa shape index (κ1) is 10.8. The number of ether oxygens (including phenoxy) is 1. The van der Waals surface area contributed by atoms with Gasteiger partial charge in [0.1, 0.15) is 11.5 Å². The Balaban J connectivity index is 2.03. The Kier molecular flexibility index (Phi) is 2.73. The van der Waals surface area contributed by atoms with E-state index in [1.54, 1.807) is 18.3 Å². The molecule has 0 unspecified atom stereocenters. The largest absolute Gasteiger partial charge is 0.457 e. The SMILES string of the molecule is O=c1[nH]cccc1C1=CCCc2ccccc2O1. The number of nitrogens with one attached hydrogen (secondary N) is 1. The molecule has 0 saturated carbocycles. The molecule has 0 atom stereocenters. The second kappa shape index (κ2) is 4.53. The zero-order valence-electron chi connectivity index (χ0n) is 9.85. The predicted molar refractivity (Wildman–Crippen MR) is 70.4 cm³/mol. The van der Waals surface area contributed by atoms with E-state index in [2.05, 4.69) is 11.1 Å². The molecule has 2 heterocycles. The summed E-state index contributed by atoms with van der Waals surface area (Å²) in [6.07, 6.45) is 5.41. The van der Waals surface area contributed by atoms with Crippen molar-refractivity contribution in [3.63, 3.8) is 0 Å². The van der Waals surface area contributed by atoms with Crippen LogP contribution in [0.2, 0.25) is 0 Å². The number of aromatic nitrogens is 1. The maximum atomic E-state index is 11.8. The highest BCUT2D eigenvalue weighted by Gasteiger charge is 2.13. The van der Waals surface area contributed by atoms with Crippen LogP contribution in [0.3, 0.4) is 0 Å². The summed E-state index contributed by atoms with van der Waals surface area (Å²) < 4.78 is 5.86. The fourth-order valence-corrected chi connectivity index (χ4v) is 2.11. The molecule has 90 valence electrons. The Morgan fingerprint density at radius 3 is 2.89 bits per heavy atom. The van der Waals surface area contributed by atoms with Crippen LogP contribution in [0.1, 0.15) is 17.5 Å². The lowest BCUT2D eigenvalue weighted by Gasteiger charge is -2.09. The molecule has 2 aromatic rings. The Morgan fingerprint density at radius 1 is 1.11 bits per heavy atom. The average Bonchev–Trinajstić information content (AvgIpc) is 2.61. The molecule has 1 aliphatic heterocycles. The highest BCUT2D eigenvalue weighted by Crippen LogP contribution is 2.28. The minimum atomic E-state index is -0.122. The van der Waals surface area contributed by atoms with E-state index in [9.17, 15) is 4.79 Å². The van der Waals surface area contributed by atoms with Crippen molar-refractivity contribution in [2.24, 2.45) is 0 Å². The van der Waals surface area contributed by atoms with Gasteiger partial charge in [-0.3, -0.25) is 4.79 Å². The van der Waals surface area contributed by atoms with E-state index < -0.39 is 0 Å². The van der Waals surface area contributed by atoms with Crippen LogP contribution in [0.25, 0.3) is 5.76 Å². The van der Waals surface area contributed by atoms with E-state index in [0.717, 1.165) is 18.6 Å². The molecule has 18 heavy (non-hydrogen) atoms. The van der Waals surface area contributed by atoms with Crippen LogP contribution in [0.15, 0.2) is 53.5 Å². The van der Waals surface area contributed by atoms with Crippen molar-refractivity contribution in [2.75, 3.05) is 0 Å². The minimum Gasteiger partial charge on any atom is -0.457 e. The van der Waals surface area contributed by atoms with Crippen LogP contribution >= 0.6 is 0 Å². The lowest BCUT2D eigenvalue weighted by atomic mass is 10.1. The van der Waals surface area contributed by atoms with Crippen molar-refractivity contribution in [3.05, 3.63) is 70.2 Å². The van der Waals surface area contributed by atoms with E-state index in [4.69, 9.17) is 4.74 Å². The van der Waals surface area contributed by atoms with Gasteiger partial charge < -0.3 is 9.72 Å². The van der Waals surface area contributed by atoms with Gasteiger partial charge in [-0.05, 0) is 42.7 Å². The second-order valence-corrected chi connectivity index (χ2v) is 4.23. The number of allylic oxidation sites excluding steroid dienone is 1. The molecule has 3 rings (SSSR count). The number of fused-ring (bicyclic) bond motifs is 1. The molecule has 0 saturated heterocycles. The molecule has 0 spiro atoms. The fraction of sp³-hybridized carbons (Fsp3) is 0.133. The normalized spacial score (nSPS) is 14.1. The van der Waals surface area contributed by atoms with Gasteiger partial charge in [-0.25, -0.2) is 0 Å². The van der Waals surface area contributed by atoms with Gasteiger partial charge in [0.2, 0.25) is 0 Å². The highest BCUT2D eigenvalue weighted by atomic mass is 16.5. The summed E-state index contributed by atoms with van der Waals surface area (Å²) in [4.78, 5) is 14.4. The number of hydrogen-bond donors (Lipinski definition) is 1. The molecule has 0 bridgehead atoms. The molecule has 1 aromatic carbocycles. The first-order valence-corrected chi connectivity index (χ1v) is 5.98. The van der Waals surface area contributed by atoms with Gasteiger partial charge in [0, 0.05) is 6.20 Å². The van der Waals surface area contributed by atoms with Crippen LogP contribution in [0, 0.1) is 0 Å². The monoisotopic (exact) mass is 239 g/mol. The lowest BCUT2D eigenvalue weighted by molar-refractivity contribution is 0.511. The third kappa shape index (κ3) is 1.95. The van der Waals surface area contributed by atoms with Crippen molar-refractivity contribution in [1.82, 2.24) is 4.98 Å². The molecule has 0 fully saturated rings. The van der Waals surface area contributed by atoms with Gasteiger partial charge in [-0.1, -0.05) is 18.2 Å². The number of H-pyrrole nitrogens is 1. The second-order valence-electron chi connectivity index (χ2n) is 4.23. The molecule has 0 radical (unpaired) electrons. The number of rotatable bonds is 1. The molecule has 3 nitrogen and oxygen atoms in total. The number of hydrogen-bond acceptors (Lipinski definition) is 2. The molecule has 1 aromatic heterocycles. The lowest BCUT2D eigenvalue weighted by Crippen LogP contribution is -2.12. The van der Waals surface area contributed by atoms with Gasteiger partial charge in [-0.15, -0.1) is 0 Å². The molecule has 0 amide bonds. The molecule has 0 aliphatic carbocycles. The van der Waals surface area contributed by atoms with Crippen LogP contribution < -0.4 is 10.3 Å². The number of aryl methyl sites for hydroxylation is 1. The summed E-state index contributed by atoms with van der Waals surface area (Å²) in [6, 6.07) is 11.5. The van der Waals surface area contributed by atoms with Crippen molar-refractivity contribution >= 4 is 5.76 Å². The average molecular weight is 239 g/mol. The van der Waals surface area contributed by atoms with E-state index in [-0.39, 0.29) is 5.56 Å². The first-order chi connectivity index (χ1) is 8.84. The van der Waals surface area contributed by atoms with Crippen LogP contribution in [0.4, 0.5) is 0 Å². The Bertz CT molecular complexity index is 655. The topological polar surface area (TPSA) is 42.1 Å². The summed E-state index contributed by atoms with van der Waals surface area (Å²) >= 11 is 0. The van der Waals surface area contributed by atoms with Crippen LogP contribution in [0.5, 0.6) is 5.75 Å². The van der Waals surface area contributed by atoms with Crippen molar-refractivity contribution < 1.29 is 4.74 Å². The van der Waals surface area contributed by atoms with Gasteiger partial charge in [0.25, 0.3) is 5.56 Å². The van der Waals surface area contributed by atoms with Gasteiger partial charge in [-0.2, -0.15) is 0 Å². The number of pyridine rings is 1. The standard InChI is InChI=1S/C15H13NO2/c17-15-12(7-4-10-16-15)14-9-3-6-11-5-1-2-8-13(11)18-14/h1-2,4-5,7-10H,3,6H2,(H,16,17). The zero-order valence-corrected chi connectivity index (χ0v) is 9.85. The van der Waals surface area contributed by atoms with Crippen molar-refractivity contribution in [3.8, 4) is 5.75 Å². The summed E-state index contributed by atoms with van der Waals surface area (Å²) in [6.45, 7) is 0. The van der Waals surface area contributed by atoms with E-state index in [1.807, 2.05) is 24.3 Å². The minimum absolute atomic E-state index is 0.122. The Morgan fingerprint density at radius 2 is 2.00 bits per heavy atom. The molecular weight excluding hydrogens is 226 g/mol.